The van der Waals surface area contributed by atoms with Gasteiger partial charge in [0.25, 0.3) is 0 Å². The highest BCUT2D eigenvalue weighted by atomic mass is 16.5. The molecule has 0 saturated heterocycles. The van der Waals surface area contributed by atoms with E-state index in [1.807, 2.05) is 6.07 Å². The van der Waals surface area contributed by atoms with Crippen LogP contribution in [-0.2, 0) is 4.79 Å². The van der Waals surface area contributed by atoms with Crippen molar-refractivity contribution in [3.63, 3.8) is 0 Å². The molecular weight excluding hydrogens is 194 g/mol. The first-order valence-corrected chi connectivity index (χ1v) is 4.78. The van der Waals surface area contributed by atoms with Crippen LogP contribution in [0.5, 0.6) is 5.75 Å². The predicted octanol–water partition coefficient (Wildman–Crippen LogP) is 0.994. The molecule has 1 atom stereocenters. The van der Waals surface area contributed by atoms with Gasteiger partial charge in [-0.25, -0.2) is 0 Å². The van der Waals surface area contributed by atoms with Gasteiger partial charge in [0.05, 0.1) is 19.1 Å². The molecule has 4 heteroatoms. The molecule has 0 radical (unpaired) electrons. The summed E-state index contributed by atoms with van der Waals surface area (Å²) in [5.74, 6) is 0.247. The molecular formula is C11H15NO3. The van der Waals surface area contributed by atoms with Crippen LogP contribution in [0.25, 0.3) is 0 Å². The molecule has 0 aliphatic heterocycles. The molecule has 0 fully saturated rings. The zero-order valence-corrected chi connectivity index (χ0v) is 8.64. The van der Waals surface area contributed by atoms with Gasteiger partial charge in [-0.05, 0) is 24.6 Å². The maximum Gasteiger partial charge on any atom is 0.220 e. The Morgan fingerprint density at radius 1 is 1.60 bits per heavy atom. The van der Waals surface area contributed by atoms with E-state index in [1.54, 1.807) is 25.1 Å². The van der Waals surface area contributed by atoms with Crippen molar-refractivity contribution < 1.29 is 14.6 Å². The second kappa shape index (κ2) is 5.36. The van der Waals surface area contributed by atoms with Crippen LogP contribution in [0.4, 0.5) is 0 Å². The van der Waals surface area contributed by atoms with Crippen LogP contribution in [0.15, 0.2) is 24.3 Å². The number of carbonyl (C=O) groups excluding carboxylic acids is 1. The first-order valence-electron chi connectivity index (χ1n) is 4.78. The fourth-order valence-electron chi connectivity index (χ4n) is 1.13. The van der Waals surface area contributed by atoms with Gasteiger partial charge in [0.2, 0.25) is 5.91 Å². The van der Waals surface area contributed by atoms with Crippen molar-refractivity contribution in [2.75, 3.05) is 6.61 Å². The molecule has 3 N–H and O–H groups in total. The quantitative estimate of drug-likeness (QED) is 0.759. The zero-order chi connectivity index (χ0) is 11.3. The Bertz CT molecular complexity index is 336. The third-order valence-corrected chi connectivity index (χ3v) is 1.96. The van der Waals surface area contributed by atoms with E-state index in [2.05, 4.69) is 0 Å². The second-order valence-electron chi connectivity index (χ2n) is 3.31. The number of benzene rings is 1. The molecule has 0 saturated carbocycles. The lowest BCUT2D eigenvalue weighted by Crippen LogP contribution is -2.14. The minimum Gasteiger partial charge on any atom is -0.493 e. The van der Waals surface area contributed by atoms with Crippen molar-refractivity contribution in [1.29, 1.82) is 0 Å². The summed E-state index contributed by atoms with van der Waals surface area (Å²) in [6, 6.07) is 7.12. The Morgan fingerprint density at radius 2 is 2.33 bits per heavy atom. The number of aliphatic hydroxyl groups is 1. The summed E-state index contributed by atoms with van der Waals surface area (Å²) in [5, 5.41) is 9.33. The molecule has 0 aliphatic carbocycles. The first kappa shape index (κ1) is 11.5. The van der Waals surface area contributed by atoms with Crippen molar-refractivity contribution in [2.45, 2.75) is 19.4 Å². The highest BCUT2D eigenvalue weighted by molar-refractivity contribution is 5.73. The van der Waals surface area contributed by atoms with Crippen LogP contribution in [0.2, 0.25) is 0 Å². The molecule has 82 valence electrons. The zero-order valence-electron chi connectivity index (χ0n) is 8.64. The van der Waals surface area contributed by atoms with Crippen LogP contribution < -0.4 is 10.5 Å². The Kier molecular flexibility index (Phi) is 4.12. The normalized spacial score (nSPS) is 12.1. The summed E-state index contributed by atoms with van der Waals surface area (Å²) in [6.45, 7) is 1.95. The van der Waals surface area contributed by atoms with E-state index in [9.17, 15) is 9.90 Å². The van der Waals surface area contributed by atoms with E-state index >= 15 is 0 Å². The van der Waals surface area contributed by atoms with Gasteiger partial charge in [0.15, 0.2) is 0 Å². The van der Waals surface area contributed by atoms with Crippen molar-refractivity contribution in [2.24, 2.45) is 5.73 Å². The lowest BCUT2D eigenvalue weighted by atomic mass is 10.1. The van der Waals surface area contributed by atoms with Gasteiger partial charge in [-0.1, -0.05) is 12.1 Å². The largest absolute Gasteiger partial charge is 0.493 e. The molecule has 1 amide bonds. The van der Waals surface area contributed by atoms with Crippen LogP contribution in [0, 0.1) is 0 Å². The molecule has 0 heterocycles. The molecule has 1 rings (SSSR count). The number of carbonyl (C=O) groups is 1. The fourth-order valence-corrected chi connectivity index (χ4v) is 1.13. The van der Waals surface area contributed by atoms with E-state index in [0.717, 1.165) is 5.56 Å². The SMILES string of the molecule is CC(O)c1cccc(OCCC(N)=O)c1. The van der Waals surface area contributed by atoms with Gasteiger partial charge < -0.3 is 15.6 Å². The third kappa shape index (κ3) is 3.99. The number of hydrogen-bond acceptors (Lipinski definition) is 3. The Balaban J connectivity index is 2.54. The first-order chi connectivity index (χ1) is 7.09. The van der Waals surface area contributed by atoms with Gasteiger partial charge in [0, 0.05) is 0 Å². The summed E-state index contributed by atoms with van der Waals surface area (Å²) < 4.78 is 5.30. The van der Waals surface area contributed by atoms with Crippen LogP contribution in [-0.4, -0.2) is 17.6 Å². The van der Waals surface area contributed by atoms with E-state index in [-0.39, 0.29) is 18.9 Å². The number of nitrogens with two attached hydrogens (primary N) is 1. The van der Waals surface area contributed by atoms with E-state index < -0.39 is 6.10 Å². The molecule has 0 spiro atoms. The average molecular weight is 209 g/mol. The molecule has 0 aromatic heterocycles. The van der Waals surface area contributed by atoms with Crippen LogP contribution >= 0.6 is 0 Å². The van der Waals surface area contributed by atoms with Crippen LogP contribution in [0.1, 0.15) is 25.0 Å². The second-order valence-corrected chi connectivity index (χ2v) is 3.31. The minimum absolute atomic E-state index is 0.193. The lowest BCUT2D eigenvalue weighted by Gasteiger charge is -2.08. The highest BCUT2D eigenvalue weighted by Crippen LogP contribution is 2.18. The van der Waals surface area contributed by atoms with Crippen LogP contribution in [0.3, 0.4) is 0 Å². The Morgan fingerprint density at radius 3 is 2.93 bits per heavy atom. The van der Waals surface area contributed by atoms with Gasteiger partial charge in [-0.3, -0.25) is 4.79 Å². The number of rotatable bonds is 5. The molecule has 15 heavy (non-hydrogen) atoms. The van der Waals surface area contributed by atoms with Gasteiger partial charge in [-0.2, -0.15) is 0 Å². The number of ether oxygens (including phenoxy) is 1. The number of amides is 1. The number of aliphatic hydroxyl groups excluding tert-OH is 1. The molecule has 0 bridgehead atoms. The smallest absolute Gasteiger partial charge is 0.220 e. The Labute approximate surface area is 88.7 Å². The molecule has 0 aliphatic rings. The van der Waals surface area contributed by atoms with E-state index in [0.29, 0.717) is 5.75 Å². The maximum atomic E-state index is 10.5. The predicted molar refractivity (Wildman–Crippen MR) is 56.4 cm³/mol. The minimum atomic E-state index is -0.523. The van der Waals surface area contributed by atoms with Crippen molar-refractivity contribution in [1.82, 2.24) is 0 Å². The molecule has 1 unspecified atom stereocenters. The highest BCUT2D eigenvalue weighted by Gasteiger charge is 2.02. The summed E-state index contributed by atoms with van der Waals surface area (Å²) in [6.07, 6.45) is -0.330. The summed E-state index contributed by atoms with van der Waals surface area (Å²) >= 11 is 0. The van der Waals surface area contributed by atoms with Gasteiger partial charge >= 0.3 is 0 Å². The molecule has 4 nitrogen and oxygen atoms in total. The van der Waals surface area contributed by atoms with Crippen molar-refractivity contribution in [3.05, 3.63) is 29.8 Å². The molecule has 1 aromatic carbocycles. The summed E-state index contributed by atoms with van der Waals surface area (Å²) in [5.41, 5.74) is 5.76. The topological polar surface area (TPSA) is 72.6 Å². The van der Waals surface area contributed by atoms with E-state index in [4.69, 9.17) is 10.5 Å². The van der Waals surface area contributed by atoms with Gasteiger partial charge in [0.1, 0.15) is 5.75 Å². The maximum absolute atomic E-state index is 10.5. The Hall–Kier alpha value is -1.55. The van der Waals surface area contributed by atoms with Crippen molar-refractivity contribution >= 4 is 5.91 Å². The summed E-state index contributed by atoms with van der Waals surface area (Å²) in [7, 11) is 0. The number of hydrogen-bond donors (Lipinski definition) is 2. The standard InChI is InChI=1S/C11H15NO3/c1-8(13)9-3-2-4-10(7-9)15-6-5-11(12)14/h2-4,7-8,13H,5-6H2,1H3,(H2,12,14). The molecule has 1 aromatic rings. The average Bonchev–Trinajstić information content (AvgIpc) is 2.17. The summed E-state index contributed by atoms with van der Waals surface area (Å²) in [4.78, 5) is 10.5. The van der Waals surface area contributed by atoms with E-state index in [1.165, 1.54) is 0 Å². The number of primary amides is 1. The van der Waals surface area contributed by atoms with Crippen molar-refractivity contribution in [3.8, 4) is 5.75 Å². The van der Waals surface area contributed by atoms with Gasteiger partial charge in [-0.15, -0.1) is 0 Å². The third-order valence-electron chi connectivity index (χ3n) is 1.96. The monoisotopic (exact) mass is 209 g/mol. The fraction of sp³-hybridized carbons (Fsp3) is 0.364. The lowest BCUT2D eigenvalue weighted by molar-refractivity contribution is -0.118.